The van der Waals surface area contributed by atoms with E-state index in [1.165, 1.54) is 11.1 Å². The number of carbonyl (C=O) groups excluding carboxylic acids is 2. The molecule has 0 bridgehead atoms. The lowest BCUT2D eigenvalue weighted by Crippen LogP contribution is -2.50. The minimum Gasteiger partial charge on any atom is -0.352 e. The van der Waals surface area contributed by atoms with Gasteiger partial charge >= 0.3 is 0 Å². The Balaban J connectivity index is 2.08. The Kier molecular flexibility index (Phi) is 9.73. The molecule has 0 saturated heterocycles. The second-order valence-electron chi connectivity index (χ2n) is 7.56. The van der Waals surface area contributed by atoms with Gasteiger partial charge in [0.15, 0.2) is 0 Å². The van der Waals surface area contributed by atoms with E-state index in [0.29, 0.717) is 17.3 Å². The predicted octanol–water partition coefficient (Wildman–Crippen LogP) is 5.21. The van der Waals surface area contributed by atoms with Gasteiger partial charge in [-0.3, -0.25) is 9.59 Å². The summed E-state index contributed by atoms with van der Waals surface area (Å²) < 4.78 is 0. The molecule has 4 nitrogen and oxygen atoms in total. The van der Waals surface area contributed by atoms with Crippen molar-refractivity contribution >= 4 is 35.2 Å². The minimum absolute atomic E-state index is 0.0460. The van der Waals surface area contributed by atoms with Gasteiger partial charge in [-0.05, 0) is 56.0 Å². The molecule has 0 aliphatic carbocycles. The highest BCUT2D eigenvalue weighted by atomic mass is 35.5. The maximum absolute atomic E-state index is 13.1. The molecule has 2 amide bonds. The van der Waals surface area contributed by atoms with Crippen molar-refractivity contribution in [3.05, 3.63) is 70.2 Å². The lowest BCUT2D eigenvalue weighted by molar-refractivity contribution is -0.138. The van der Waals surface area contributed by atoms with E-state index in [9.17, 15) is 9.59 Å². The van der Waals surface area contributed by atoms with Crippen LogP contribution >= 0.6 is 23.4 Å². The third-order valence-corrected chi connectivity index (χ3v) is 6.40. The van der Waals surface area contributed by atoms with E-state index >= 15 is 0 Å². The maximum atomic E-state index is 13.1. The standard InChI is InChI=1S/C24H31ClN2O2S/c1-5-18(3)26-24(29)19(4)27(14-20-10-12-22(25)13-11-20)23(28)16-30-15-21-9-7-6-8-17(21)2/h6-13,18-19H,5,14-16H2,1-4H3,(H,26,29)/t18-,19+/m1/s1. The molecule has 0 spiro atoms. The lowest BCUT2D eigenvalue weighted by atomic mass is 10.1. The normalized spacial score (nSPS) is 12.8. The van der Waals surface area contributed by atoms with Crippen LogP contribution in [0.3, 0.4) is 0 Å². The number of amides is 2. The van der Waals surface area contributed by atoms with Crippen LogP contribution in [0.15, 0.2) is 48.5 Å². The molecule has 2 aromatic carbocycles. The summed E-state index contributed by atoms with van der Waals surface area (Å²) in [5.41, 5.74) is 3.39. The first-order chi connectivity index (χ1) is 14.3. The number of hydrogen-bond acceptors (Lipinski definition) is 3. The van der Waals surface area contributed by atoms with E-state index in [1.54, 1.807) is 35.7 Å². The van der Waals surface area contributed by atoms with Crippen LogP contribution in [0.4, 0.5) is 0 Å². The molecule has 2 atom stereocenters. The van der Waals surface area contributed by atoms with Gasteiger partial charge in [0.1, 0.15) is 6.04 Å². The largest absolute Gasteiger partial charge is 0.352 e. The van der Waals surface area contributed by atoms with Crippen molar-refractivity contribution in [3.8, 4) is 0 Å². The Morgan fingerprint density at radius 2 is 1.77 bits per heavy atom. The number of rotatable bonds is 10. The molecule has 0 aliphatic rings. The lowest BCUT2D eigenvalue weighted by Gasteiger charge is -2.29. The van der Waals surface area contributed by atoms with Crippen LogP contribution in [-0.4, -0.2) is 34.6 Å². The van der Waals surface area contributed by atoms with Crippen molar-refractivity contribution in [2.24, 2.45) is 0 Å². The fraction of sp³-hybridized carbons (Fsp3) is 0.417. The number of aryl methyl sites for hydroxylation is 1. The van der Waals surface area contributed by atoms with E-state index in [1.807, 2.05) is 38.1 Å². The summed E-state index contributed by atoms with van der Waals surface area (Å²) in [6.45, 7) is 8.22. The Bertz CT molecular complexity index is 841. The van der Waals surface area contributed by atoms with Crippen LogP contribution in [0.5, 0.6) is 0 Å². The highest BCUT2D eigenvalue weighted by Gasteiger charge is 2.26. The van der Waals surface area contributed by atoms with Crippen molar-refractivity contribution < 1.29 is 9.59 Å². The minimum atomic E-state index is -0.554. The van der Waals surface area contributed by atoms with Crippen molar-refractivity contribution in [3.63, 3.8) is 0 Å². The van der Waals surface area contributed by atoms with E-state index < -0.39 is 6.04 Å². The van der Waals surface area contributed by atoms with Gasteiger partial charge in [-0.15, -0.1) is 11.8 Å². The predicted molar refractivity (Wildman–Crippen MR) is 127 cm³/mol. The molecule has 0 aromatic heterocycles. The van der Waals surface area contributed by atoms with E-state index in [4.69, 9.17) is 11.6 Å². The molecule has 6 heteroatoms. The number of nitrogens with zero attached hydrogens (tertiary/aromatic N) is 1. The van der Waals surface area contributed by atoms with Gasteiger partial charge in [0.25, 0.3) is 0 Å². The fourth-order valence-electron chi connectivity index (χ4n) is 2.94. The Morgan fingerprint density at radius 1 is 1.10 bits per heavy atom. The van der Waals surface area contributed by atoms with Crippen LogP contribution in [0.1, 0.15) is 43.9 Å². The molecule has 2 aromatic rings. The van der Waals surface area contributed by atoms with Crippen LogP contribution in [0.2, 0.25) is 5.02 Å². The molecular weight excluding hydrogens is 416 g/mol. The summed E-state index contributed by atoms with van der Waals surface area (Å²) in [6.07, 6.45) is 0.843. The number of thioether (sulfide) groups is 1. The molecule has 0 aliphatic heterocycles. The topological polar surface area (TPSA) is 49.4 Å². The van der Waals surface area contributed by atoms with Crippen LogP contribution in [0, 0.1) is 6.92 Å². The molecule has 162 valence electrons. The number of hydrogen-bond donors (Lipinski definition) is 1. The molecule has 0 saturated carbocycles. The zero-order chi connectivity index (χ0) is 22.1. The maximum Gasteiger partial charge on any atom is 0.242 e. The van der Waals surface area contributed by atoms with Gasteiger partial charge in [0.2, 0.25) is 11.8 Å². The van der Waals surface area contributed by atoms with Crippen LogP contribution in [-0.2, 0) is 21.9 Å². The zero-order valence-corrected chi connectivity index (χ0v) is 19.7. The molecular formula is C24H31ClN2O2S. The second kappa shape index (κ2) is 12.0. The quantitative estimate of drug-likeness (QED) is 0.544. The Labute approximate surface area is 189 Å². The summed E-state index contributed by atoms with van der Waals surface area (Å²) >= 11 is 7.56. The molecule has 0 radical (unpaired) electrons. The first-order valence-electron chi connectivity index (χ1n) is 10.3. The molecule has 30 heavy (non-hydrogen) atoms. The van der Waals surface area contributed by atoms with Crippen molar-refractivity contribution in [1.29, 1.82) is 0 Å². The molecule has 1 N–H and O–H groups in total. The number of halogens is 1. The Hall–Kier alpha value is -1.98. The molecule has 0 heterocycles. The summed E-state index contributed by atoms with van der Waals surface area (Å²) in [5, 5.41) is 3.63. The van der Waals surface area contributed by atoms with Gasteiger partial charge < -0.3 is 10.2 Å². The molecule has 2 rings (SSSR count). The van der Waals surface area contributed by atoms with Gasteiger partial charge in [0.05, 0.1) is 5.75 Å². The summed E-state index contributed by atoms with van der Waals surface area (Å²) in [5.74, 6) is 0.912. The fourth-order valence-corrected chi connectivity index (χ4v) is 4.05. The number of benzene rings is 2. The van der Waals surface area contributed by atoms with Crippen molar-refractivity contribution in [2.75, 3.05) is 5.75 Å². The van der Waals surface area contributed by atoms with Gasteiger partial charge in [0, 0.05) is 23.4 Å². The van der Waals surface area contributed by atoms with E-state index in [0.717, 1.165) is 17.7 Å². The smallest absolute Gasteiger partial charge is 0.242 e. The average Bonchev–Trinajstić information content (AvgIpc) is 2.73. The summed E-state index contributed by atoms with van der Waals surface area (Å²) in [6, 6.07) is 15.1. The van der Waals surface area contributed by atoms with Gasteiger partial charge in [-0.2, -0.15) is 0 Å². The monoisotopic (exact) mass is 446 g/mol. The van der Waals surface area contributed by atoms with Gasteiger partial charge in [-0.25, -0.2) is 0 Å². The van der Waals surface area contributed by atoms with Crippen LogP contribution in [0.25, 0.3) is 0 Å². The highest BCUT2D eigenvalue weighted by molar-refractivity contribution is 7.99. The first kappa shape index (κ1) is 24.3. The van der Waals surface area contributed by atoms with E-state index in [-0.39, 0.29) is 17.9 Å². The first-order valence-corrected chi connectivity index (χ1v) is 11.8. The van der Waals surface area contributed by atoms with Crippen molar-refractivity contribution in [1.82, 2.24) is 10.2 Å². The average molecular weight is 447 g/mol. The third-order valence-electron chi connectivity index (χ3n) is 5.18. The zero-order valence-electron chi connectivity index (χ0n) is 18.2. The number of nitrogens with one attached hydrogen (secondary N) is 1. The molecule has 0 fully saturated rings. The molecule has 0 unspecified atom stereocenters. The third kappa shape index (κ3) is 7.37. The van der Waals surface area contributed by atoms with Crippen LogP contribution < -0.4 is 5.32 Å². The Morgan fingerprint density at radius 3 is 2.40 bits per heavy atom. The SMILES string of the molecule is CC[C@@H](C)NC(=O)[C@H](C)N(Cc1ccc(Cl)cc1)C(=O)CSCc1ccccc1C. The summed E-state index contributed by atoms with van der Waals surface area (Å²) in [7, 11) is 0. The number of carbonyl (C=O) groups is 2. The highest BCUT2D eigenvalue weighted by Crippen LogP contribution is 2.19. The van der Waals surface area contributed by atoms with E-state index in [2.05, 4.69) is 24.4 Å². The van der Waals surface area contributed by atoms with Gasteiger partial charge in [-0.1, -0.05) is 54.9 Å². The van der Waals surface area contributed by atoms with Crippen molar-refractivity contribution in [2.45, 2.75) is 58.5 Å². The summed E-state index contributed by atoms with van der Waals surface area (Å²) in [4.78, 5) is 27.5. The second-order valence-corrected chi connectivity index (χ2v) is 8.98.